The van der Waals surface area contributed by atoms with Crippen molar-refractivity contribution in [2.75, 3.05) is 25.9 Å². The van der Waals surface area contributed by atoms with Crippen LogP contribution in [-0.2, 0) is 14.4 Å². The molecule has 1 aliphatic carbocycles. The normalized spacial score (nSPS) is 26.4. The minimum atomic E-state index is -0.970. The molecule has 2 heterocycles. The van der Waals surface area contributed by atoms with Gasteiger partial charge < -0.3 is 10.6 Å². The Labute approximate surface area is 225 Å². The van der Waals surface area contributed by atoms with Crippen LogP contribution in [0.5, 0.6) is 0 Å². The summed E-state index contributed by atoms with van der Waals surface area (Å²) in [7, 11) is 0. The van der Waals surface area contributed by atoms with E-state index >= 15 is 0 Å². The van der Waals surface area contributed by atoms with Gasteiger partial charge in [0.25, 0.3) is 17.1 Å². The molecule has 0 bridgehead atoms. The lowest BCUT2D eigenvalue weighted by molar-refractivity contribution is -0.137. The van der Waals surface area contributed by atoms with Crippen molar-refractivity contribution in [1.29, 1.82) is 0 Å². The highest BCUT2D eigenvalue weighted by Gasteiger charge is 2.56. The van der Waals surface area contributed by atoms with E-state index in [1.807, 2.05) is 30.5 Å². The summed E-state index contributed by atoms with van der Waals surface area (Å²) in [6, 6.07) is 7.09. The highest BCUT2D eigenvalue weighted by molar-refractivity contribution is 8.18. The zero-order valence-electron chi connectivity index (χ0n) is 21.5. The molecule has 0 aromatic heterocycles. The number of nitrogens with one attached hydrogen (secondary N) is 2. The van der Waals surface area contributed by atoms with E-state index in [4.69, 9.17) is 0 Å². The third kappa shape index (κ3) is 5.87. The van der Waals surface area contributed by atoms with Gasteiger partial charge in [-0.15, -0.1) is 11.8 Å². The maximum absolute atomic E-state index is 13.2. The Morgan fingerprint density at radius 1 is 1.16 bits per heavy atom. The molecule has 1 aromatic rings. The van der Waals surface area contributed by atoms with Gasteiger partial charge in [0.2, 0.25) is 5.91 Å². The number of amides is 6. The van der Waals surface area contributed by atoms with Crippen LogP contribution in [0.1, 0.15) is 45.6 Å². The molecule has 2 aliphatic heterocycles. The van der Waals surface area contributed by atoms with Gasteiger partial charge >= 0.3 is 6.03 Å². The largest absolute Gasteiger partial charge is 0.353 e. The number of nitrogens with zero attached hydrogens (tertiary/aromatic N) is 2. The molecule has 0 radical (unpaired) electrons. The molecule has 1 saturated carbocycles. The second-order valence-corrected chi connectivity index (χ2v) is 12.6. The Hall–Kier alpha value is -2.79. The van der Waals surface area contributed by atoms with Gasteiger partial charge in [0, 0.05) is 18.0 Å². The minimum absolute atomic E-state index is 0.00502. The van der Waals surface area contributed by atoms with Crippen LogP contribution < -0.4 is 10.6 Å². The van der Waals surface area contributed by atoms with E-state index in [9.17, 15) is 24.0 Å². The first-order chi connectivity index (χ1) is 17.4. The second-order valence-electron chi connectivity index (χ2n) is 10.7. The van der Waals surface area contributed by atoms with Crippen LogP contribution in [-0.4, -0.2) is 70.2 Å². The Morgan fingerprint density at radius 2 is 1.86 bits per heavy atom. The zero-order chi connectivity index (χ0) is 27.0. The van der Waals surface area contributed by atoms with E-state index < -0.39 is 35.2 Å². The van der Waals surface area contributed by atoms with Crippen molar-refractivity contribution in [3.05, 3.63) is 34.7 Å². The lowest BCUT2D eigenvalue weighted by atomic mass is 9.64. The van der Waals surface area contributed by atoms with Crippen LogP contribution in [0, 0.1) is 11.3 Å². The number of urea groups is 1. The molecule has 11 heteroatoms. The SMILES string of the molecule is CSc1ccc(/C=C2\SC(=O)N(CCNC(=O)CN3C(=O)N[C@]4(C[C@@H](C)CC(C)(C)C4)C3=O)C2=O)cc1. The highest BCUT2D eigenvalue weighted by atomic mass is 32.2. The average molecular weight is 545 g/mol. The van der Waals surface area contributed by atoms with Crippen LogP contribution in [0.2, 0.25) is 0 Å². The topological polar surface area (TPSA) is 116 Å². The van der Waals surface area contributed by atoms with Crippen LogP contribution in [0.15, 0.2) is 34.1 Å². The number of imide groups is 2. The fourth-order valence-corrected chi connectivity index (χ4v) is 6.97. The van der Waals surface area contributed by atoms with E-state index in [0.29, 0.717) is 17.7 Å². The summed E-state index contributed by atoms with van der Waals surface area (Å²) >= 11 is 2.47. The van der Waals surface area contributed by atoms with E-state index in [2.05, 4.69) is 31.4 Å². The van der Waals surface area contributed by atoms with Gasteiger partial charge in [-0.05, 0) is 72.4 Å². The Balaban J connectivity index is 1.30. The number of thioether (sulfide) groups is 2. The third-order valence-electron chi connectivity index (χ3n) is 6.87. The van der Waals surface area contributed by atoms with Crippen molar-refractivity contribution in [2.45, 2.75) is 50.5 Å². The first kappa shape index (κ1) is 27.3. The quantitative estimate of drug-likeness (QED) is 0.306. The molecule has 3 aliphatic rings. The molecule has 4 rings (SSSR count). The van der Waals surface area contributed by atoms with Gasteiger partial charge in [-0.2, -0.15) is 0 Å². The van der Waals surface area contributed by atoms with Crippen LogP contribution in [0.3, 0.4) is 0 Å². The van der Waals surface area contributed by atoms with Gasteiger partial charge in [-0.25, -0.2) is 4.79 Å². The Kier molecular flexibility index (Phi) is 7.75. The van der Waals surface area contributed by atoms with Crippen molar-refractivity contribution in [2.24, 2.45) is 11.3 Å². The van der Waals surface area contributed by atoms with Gasteiger partial charge in [-0.3, -0.25) is 29.0 Å². The smallest absolute Gasteiger partial charge is 0.325 e. The summed E-state index contributed by atoms with van der Waals surface area (Å²) in [5.41, 5.74) is -0.252. The standard InChI is InChI=1S/C26H32N4O5S2/c1-16-12-25(2,3)15-26(13-16)22(33)30(23(34)28-26)14-20(31)27-9-10-29-21(32)19(37-24(29)35)11-17-5-7-18(36-4)8-6-17/h5-8,11,16H,9-10,12-15H2,1-4H3,(H,27,31)(H,28,34)/b19-11-/t16-,26-/m0/s1. The number of hydrogen-bond acceptors (Lipinski definition) is 7. The van der Waals surface area contributed by atoms with Crippen LogP contribution in [0.25, 0.3) is 6.08 Å². The summed E-state index contributed by atoms with van der Waals surface area (Å²) in [6.45, 7) is 5.84. The van der Waals surface area contributed by atoms with Crippen LogP contribution in [0.4, 0.5) is 9.59 Å². The van der Waals surface area contributed by atoms with Crippen LogP contribution >= 0.6 is 23.5 Å². The molecule has 1 spiro atoms. The molecular weight excluding hydrogens is 512 g/mol. The van der Waals surface area contributed by atoms with Gasteiger partial charge in [-0.1, -0.05) is 32.9 Å². The fraction of sp³-hybridized carbons (Fsp3) is 0.500. The van der Waals surface area contributed by atoms with E-state index in [1.54, 1.807) is 17.8 Å². The fourth-order valence-electron chi connectivity index (χ4n) is 5.70. The Bertz CT molecular complexity index is 1170. The first-order valence-electron chi connectivity index (χ1n) is 12.2. The first-order valence-corrected chi connectivity index (χ1v) is 14.3. The second kappa shape index (κ2) is 10.5. The summed E-state index contributed by atoms with van der Waals surface area (Å²) in [6.07, 6.45) is 5.69. The zero-order valence-corrected chi connectivity index (χ0v) is 23.1. The van der Waals surface area contributed by atoms with Gasteiger partial charge in [0.1, 0.15) is 12.1 Å². The number of carbonyl (C=O) groups is 5. The van der Waals surface area contributed by atoms with Gasteiger partial charge in [0.05, 0.1) is 4.91 Å². The maximum Gasteiger partial charge on any atom is 0.325 e. The van der Waals surface area contributed by atoms with E-state index in [1.165, 1.54) is 0 Å². The molecule has 3 fully saturated rings. The average Bonchev–Trinajstić information content (AvgIpc) is 3.19. The molecule has 0 unspecified atom stereocenters. The molecular formula is C26H32N4O5S2. The molecule has 2 saturated heterocycles. The monoisotopic (exact) mass is 544 g/mol. The maximum atomic E-state index is 13.2. The minimum Gasteiger partial charge on any atom is -0.353 e. The van der Waals surface area contributed by atoms with Crippen molar-refractivity contribution < 1.29 is 24.0 Å². The summed E-state index contributed by atoms with van der Waals surface area (Å²) in [5.74, 6) is -1.04. The number of rotatable bonds is 7. The number of benzene rings is 1. The summed E-state index contributed by atoms with van der Waals surface area (Å²) < 4.78 is 0. The number of hydrogen-bond donors (Lipinski definition) is 2. The summed E-state index contributed by atoms with van der Waals surface area (Å²) in [5, 5.41) is 5.07. The van der Waals surface area contributed by atoms with Crippen molar-refractivity contribution >= 4 is 58.6 Å². The molecule has 9 nitrogen and oxygen atoms in total. The molecule has 1 aromatic carbocycles. The van der Waals surface area contributed by atoms with Crippen molar-refractivity contribution in [3.8, 4) is 0 Å². The predicted molar refractivity (Wildman–Crippen MR) is 144 cm³/mol. The third-order valence-corrected chi connectivity index (χ3v) is 8.52. The predicted octanol–water partition coefficient (Wildman–Crippen LogP) is 3.70. The van der Waals surface area contributed by atoms with Crippen molar-refractivity contribution in [1.82, 2.24) is 20.4 Å². The molecule has 6 amide bonds. The lowest BCUT2D eigenvalue weighted by Crippen LogP contribution is -2.54. The molecule has 2 atom stereocenters. The number of carbonyl (C=O) groups excluding carboxylic acids is 5. The van der Waals surface area contributed by atoms with Gasteiger partial charge in [0.15, 0.2) is 0 Å². The molecule has 2 N–H and O–H groups in total. The van der Waals surface area contributed by atoms with Crippen molar-refractivity contribution in [3.63, 3.8) is 0 Å². The molecule has 37 heavy (non-hydrogen) atoms. The summed E-state index contributed by atoms with van der Waals surface area (Å²) in [4.78, 5) is 67.0. The highest BCUT2D eigenvalue weighted by Crippen LogP contribution is 2.46. The lowest BCUT2D eigenvalue weighted by Gasteiger charge is -2.43. The Morgan fingerprint density at radius 3 is 2.51 bits per heavy atom. The van der Waals surface area contributed by atoms with E-state index in [-0.39, 0.29) is 30.3 Å². The molecule has 198 valence electrons. The van der Waals surface area contributed by atoms with E-state index in [0.717, 1.165) is 38.4 Å².